The topological polar surface area (TPSA) is 139 Å². The summed E-state index contributed by atoms with van der Waals surface area (Å²) in [6, 6.07) is 15.3. The standard InChI is InChI=1S/C24H27N5O5S/c1-3-35(33,34)29-15-18-12-8-7-11-17(18)13-19(29)23(31)27(2)20-21(25)28(24(32)26-22(20)30)14-16-9-5-4-6-10-16/h4-12,19H,3,13-15,25H2,1-2H3,(H,26,30,32)/t19-/m0/s1. The van der Waals surface area contributed by atoms with E-state index in [0.29, 0.717) is 0 Å². The second-order valence-corrected chi connectivity index (χ2v) is 10.6. The number of fused-ring (bicyclic) bond motifs is 1. The molecule has 1 aliphatic heterocycles. The number of anilines is 2. The molecule has 0 saturated carbocycles. The van der Waals surface area contributed by atoms with Crippen LogP contribution in [0.1, 0.15) is 23.6 Å². The number of hydrogen-bond acceptors (Lipinski definition) is 6. The Labute approximate surface area is 202 Å². The highest BCUT2D eigenvalue weighted by Crippen LogP contribution is 2.28. The monoisotopic (exact) mass is 497 g/mol. The van der Waals surface area contributed by atoms with E-state index in [0.717, 1.165) is 21.6 Å². The smallest absolute Gasteiger partial charge is 0.330 e. The largest absolute Gasteiger partial charge is 0.383 e. The molecule has 1 amide bonds. The number of nitrogens with two attached hydrogens (primary N) is 1. The Hall–Kier alpha value is -3.70. The number of aromatic amines is 1. The van der Waals surface area contributed by atoms with Crippen molar-refractivity contribution >= 4 is 27.4 Å². The fraction of sp³-hybridized carbons (Fsp3) is 0.292. The number of rotatable bonds is 6. The van der Waals surface area contributed by atoms with E-state index >= 15 is 0 Å². The number of likely N-dealkylation sites (N-methyl/N-ethyl adjacent to an activating group) is 1. The van der Waals surface area contributed by atoms with E-state index < -0.39 is 33.2 Å². The van der Waals surface area contributed by atoms with Crippen molar-refractivity contribution in [2.45, 2.75) is 32.5 Å². The Morgan fingerprint density at radius 2 is 1.71 bits per heavy atom. The lowest BCUT2D eigenvalue weighted by atomic mass is 9.95. The van der Waals surface area contributed by atoms with Crippen molar-refractivity contribution in [3.05, 3.63) is 92.1 Å². The highest BCUT2D eigenvalue weighted by atomic mass is 32.2. The third-order valence-electron chi connectivity index (χ3n) is 6.28. The van der Waals surface area contributed by atoms with Crippen LogP contribution in [0, 0.1) is 0 Å². The molecule has 10 nitrogen and oxygen atoms in total. The molecule has 3 N–H and O–H groups in total. The van der Waals surface area contributed by atoms with Gasteiger partial charge < -0.3 is 10.6 Å². The first kappa shape index (κ1) is 24.4. The van der Waals surface area contributed by atoms with E-state index in [2.05, 4.69) is 4.98 Å². The van der Waals surface area contributed by atoms with E-state index in [1.165, 1.54) is 22.8 Å². The second kappa shape index (κ2) is 9.51. The zero-order valence-corrected chi connectivity index (χ0v) is 20.3. The highest BCUT2D eigenvalue weighted by Gasteiger charge is 2.40. The number of hydrogen-bond donors (Lipinski definition) is 2. The first-order valence-electron chi connectivity index (χ1n) is 11.1. The van der Waals surface area contributed by atoms with Gasteiger partial charge in [-0.15, -0.1) is 0 Å². The summed E-state index contributed by atoms with van der Waals surface area (Å²) in [6.45, 7) is 1.66. The van der Waals surface area contributed by atoms with Gasteiger partial charge in [0.15, 0.2) is 5.69 Å². The highest BCUT2D eigenvalue weighted by molar-refractivity contribution is 7.89. The summed E-state index contributed by atoms with van der Waals surface area (Å²) in [4.78, 5) is 42.2. The second-order valence-electron chi connectivity index (χ2n) is 8.40. The number of benzene rings is 2. The molecule has 11 heteroatoms. The van der Waals surface area contributed by atoms with Crippen molar-refractivity contribution < 1.29 is 13.2 Å². The fourth-order valence-electron chi connectivity index (χ4n) is 4.33. The maximum absolute atomic E-state index is 13.7. The summed E-state index contributed by atoms with van der Waals surface area (Å²) in [6.07, 6.45) is 0.153. The lowest BCUT2D eigenvalue weighted by molar-refractivity contribution is -0.122. The van der Waals surface area contributed by atoms with Crippen molar-refractivity contribution in [1.29, 1.82) is 0 Å². The zero-order valence-electron chi connectivity index (χ0n) is 19.5. The molecule has 4 rings (SSSR count). The molecule has 0 bridgehead atoms. The van der Waals surface area contributed by atoms with Crippen molar-refractivity contribution in [2.75, 3.05) is 23.4 Å². The van der Waals surface area contributed by atoms with Crippen LogP contribution < -0.4 is 21.9 Å². The minimum atomic E-state index is -3.74. The summed E-state index contributed by atoms with van der Waals surface area (Å²) in [5.74, 6) is -0.967. The minimum Gasteiger partial charge on any atom is -0.383 e. The van der Waals surface area contributed by atoms with Crippen LogP contribution in [-0.2, 0) is 34.3 Å². The number of carbonyl (C=O) groups is 1. The molecular weight excluding hydrogens is 470 g/mol. The van der Waals surface area contributed by atoms with Crippen LogP contribution in [0.25, 0.3) is 0 Å². The van der Waals surface area contributed by atoms with Crippen molar-refractivity contribution in [3.63, 3.8) is 0 Å². The molecule has 184 valence electrons. The molecule has 2 heterocycles. The number of H-pyrrole nitrogens is 1. The molecule has 1 aliphatic rings. The molecule has 0 aliphatic carbocycles. The quantitative estimate of drug-likeness (QED) is 0.519. The molecule has 1 atom stereocenters. The Balaban J connectivity index is 1.75. The van der Waals surface area contributed by atoms with Gasteiger partial charge in [-0.2, -0.15) is 4.31 Å². The van der Waals surface area contributed by atoms with Gasteiger partial charge in [0, 0.05) is 13.6 Å². The molecule has 35 heavy (non-hydrogen) atoms. The number of amides is 1. The SMILES string of the molecule is CCS(=O)(=O)N1Cc2ccccc2C[C@H]1C(=O)N(C)c1c(N)n(Cc2ccccc2)c(=O)[nH]c1=O. The molecule has 0 fully saturated rings. The Morgan fingerprint density at radius 3 is 2.37 bits per heavy atom. The van der Waals surface area contributed by atoms with E-state index in [9.17, 15) is 22.8 Å². The number of aromatic nitrogens is 2. The number of nitrogens with one attached hydrogen (secondary N) is 1. The Morgan fingerprint density at radius 1 is 1.09 bits per heavy atom. The zero-order chi connectivity index (χ0) is 25.3. The normalized spacial score (nSPS) is 16.0. The van der Waals surface area contributed by atoms with E-state index in [1.807, 2.05) is 42.5 Å². The van der Waals surface area contributed by atoms with Crippen LogP contribution in [0.15, 0.2) is 64.2 Å². The van der Waals surface area contributed by atoms with E-state index in [4.69, 9.17) is 5.73 Å². The van der Waals surface area contributed by atoms with Crippen LogP contribution in [0.2, 0.25) is 0 Å². The predicted octanol–water partition coefficient (Wildman–Crippen LogP) is 0.907. The average Bonchev–Trinajstić information content (AvgIpc) is 2.85. The lowest BCUT2D eigenvalue weighted by Crippen LogP contribution is -2.54. The van der Waals surface area contributed by atoms with Gasteiger partial charge in [0.05, 0.1) is 12.3 Å². The first-order chi connectivity index (χ1) is 16.6. The maximum Gasteiger partial charge on any atom is 0.330 e. The Kier molecular flexibility index (Phi) is 6.64. The van der Waals surface area contributed by atoms with Crippen LogP contribution >= 0.6 is 0 Å². The molecule has 0 saturated heterocycles. The minimum absolute atomic E-state index is 0.0515. The summed E-state index contributed by atoms with van der Waals surface area (Å²) >= 11 is 0. The van der Waals surface area contributed by atoms with Crippen LogP contribution in [0.3, 0.4) is 0 Å². The lowest BCUT2D eigenvalue weighted by Gasteiger charge is -2.36. The van der Waals surface area contributed by atoms with E-state index in [-0.39, 0.29) is 36.8 Å². The summed E-state index contributed by atoms with van der Waals surface area (Å²) in [5, 5.41) is 0. The van der Waals surface area contributed by atoms with Crippen molar-refractivity contribution in [2.24, 2.45) is 0 Å². The maximum atomic E-state index is 13.7. The van der Waals surface area contributed by atoms with Crippen LogP contribution in [0.5, 0.6) is 0 Å². The molecule has 1 aromatic heterocycles. The Bertz CT molecular complexity index is 1480. The third kappa shape index (κ3) is 4.64. The van der Waals surface area contributed by atoms with Gasteiger partial charge in [0.25, 0.3) is 5.56 Å². The fourth-order valence-corrected chi connectivity index (χ4v) is 5.55. The van der Waals surface area contributed by atoms with Crippen molar-refractivity contribution in [1.82, 2.24) is 13.9 Å². The summed E-state index contributed by atoms with van der Waals surface area (Å²) in [5.41, 5.74) is 6.96. The third-order valence-corrected chi connectivity index (χ3v) is 8.10. The van der Waals surface area contributed by atoms with Gasteiger partial charge in [-0.25, -0.2) is 13.2 Å². The first-order valence-corrected chi connectivity index (χ1v) is 12.7. The van der Waals surface area contributed by atoms with Crippen molar-refractivity contribution in [3.8, 4) is 0 Å². The van der Waals surface area contributed by atoms with Gasteiger partial charge in [0.2, 0.25) is 15.9 Å². The summed E-state index contributed by atoms with van der Waals surface area (Å²) in [7, 11) is -2.38. The van der Waals surface area contributed by atoms with Gasteiger partial charge in [-0.05, 0) is 30.0 Å². The predicted molar refractivity (Wildman–Crippen MR) is 134 cm³/mol. The van der Waals surface area contributed by atoms with Gasteiger partial charge in [-0.1, -0.05) is 54.6 Å². The number of carbonyl (C=O) groups excluding carboxylic acids is 1. The molecule has 2 aromatic carbocycles. The van der Waals surface area contributed by atoms with Crippen LogP contribution in [0.4, 0.5) is 11.5 Å². The number of nitrogen functional groups attached to an aromatic ring is 1. The van der Waals surface area contributed by atoms with Gasteiger partial charge >= 0.3 is 5.69 Å². The molecule has 0 spiro atoms. The van der Waals surface area contributed by atoms with Gasteiger partial charge in [-0.3, -0.25) is 19.1 Å². The molecule has 3 aromatic rings. The number of sulfonamides is 1. The summed E-state index contributed by atoms with van der Waals surface area (Å²) < 4.78 is 28.1. The van der Waals surface area contributed by atoms with Gasteiger partial charge in [0.1, 0.15) is 11.9 Å². The average molecular weight is 498 g/mol. The molecule has 0 radical (unpaired) electrons. The number of nitrogens with zero attached hydrogens (tertiary/aromatic N) is 3. The molecule has 0 unspecified atom stereocenters. The van der Waals surface area contributed by atoms with E-state index in [1.54, 1.807) is 12.1 Å². The molecular formula is C24H27N5O5S. The van der Waals surface area contributed by atoms with Crippen LogP contribution in [-0.4, -0.2) is 47.0 Å².